The number of H-pyrrole nitrogens is 1. The van der Waals surface area contributed by atoms with Crippen LogP contribution in [0.25, 0.3) is 11.1 Å². The Kier molecular flexibility index (Phi) is 6.03. The summed E-state index contributed by atoms with van der Waals surface area (Å²) in [6.45, 7) is 5.69. The fraction of sp³-hybridized carbons (Fsp3) is 0.375. The van der Waals surface area contributed by atoms with Crippen molar-refractivity contribution in [3.05, 3.63) is 65.0 Å². The molecule has 0 saturated carbocycles. The van der Waals surface area contributed by atoms with Crippen LogP contribution in [0.5, 0.6) is 0 Å². The van der Waals surface area contributed by atoms with Crippen molar-refractivity contribution in [3.63, 3.8) is 0 Å². The lowest BCUT2D eigenvalue weighted by molar-refractivity contribution is -0.153. The van der Waals surface area contributed by atoms with Crippen molar-refractivity contribution in [2.24, 2.45) is 5.92 Å². The minimum absolute atomic E-state index is 0.150. The number of carboxylic acids is 1. The molecule has 0 spiro atoms. The summed E-state index contributed by atoms with van der Waals surface area (Å²) in [5.41, 5.74) is 4.45. The Hall–Kier alpha value is -3.55. The zero-order valence-electron chi connectivity index (χ0n) is 18.4. The lowest BCUT2D eigenvalue weighted by Gasteiger charge is -2.48. The second kappa shape index (κ2) is 8.90. The number of nitrogens with zero attached hydrogens (tertiary/aromatic N) is 4. The fourth-order valence-corrected chi connectivity index (χ4v) is 4.54. The summed E-state index contributed by atoms with van der Waals surface area (Å²) in [5.74, 6) is -0.954. The quantitative estimate of drug-likeness (QED) is 0.626. The number of unbranched alkanes of at least 4 members (excludes halogenated alkanes) is 1. The number of rotatable bonds is 9. The molecule has 0 unspecified atom stereocenters. The summed E-state index contributed by atoms with van der Waals surface area (Å²) in [6, 6.07) is 8.45. The molecule has 0 saturated heterocycles. The van der Waals surface area contributed by atoms with Gasteiger partial charge in [-0.1, -0.05) is 69.7 Å². The van der Waals surface area contributed by atoms with Gasteiger partial charge in [-0.25, -0.2) is 4.79 Å². The first kappa shape index (κ1) is 21.7. The molecule has 1 heterocycles. The van der Waals surface area contributed by atoms with Crippen LogP contribution in [0.4, 0.5) is 0 Å². The smallest absolute Gasteiger partial charge is 0.326 e. The lowest BCUT2D eigenvalue weighted by Crippen LogP contribution is -2.57. The third-order valence-electron chi connectivity index (χ3n) is 5.99. The van der Waals surface area contributed by atoms with E-state index < -0.39 is 18.1 Å². The number of tetrazole rings is 1. The van der Waals surface area contributed by atoms with Gasteiger partial charge in [-0.15, -0.1) is 10.2 Å². The number of nitrogens with one attached hydrogen (secondary N) is 1. The molecule has 2 aromatic rings. The van der Waals surface area contributed by atoms with Gasteiger partial charge >= 0.3 is 5.97 Å². The first-order chi connectivity index (χ1) is 15.5. The number of fused-ring (bicyclic) bond motifs is 2. The van der Waals surface area contributed by atoms with E-state index in [4.69, 9.17) is 0 Å². The van der Waals surface area contributed by atoms with Crippen LogP contribution in [0.1, 0.15) is 51.4 Å². The van der Waals surface area contributed by atoms with E-state index in [2.05, 4.69) is 20.6 Å². The van der Waals surface area contributed by atoms with Crippen molar-refractivity contribution in [1.29, 1.82) is 0 Å². The van der Waals surface area contributed by atoms with Crippen molar-refractivity contribution in [2.45, 2.75) is 52.1 Å². The second-order valence-electron chi connectivity index (χ2n) is 8.43. The van der Waals surface area contributed by atoms with Gasteiger partial charge in [-0.2, -0.15) is 5.21 Å². The van der Waals surface area contributed by atoms with Crippen LogP contribution in [-0.4, -0.2) is 54.6 Å². The molecule has 2 aliphatic carbocycles. The Morgan fingerprint density at radius 1 is 1.19 bits per heavy atom. The van der Waals surface area contributed by atoms with Gasteiger partial charge in [0.15, 0.2) is 0 Å². The molecule has 0 fully saturated rings. The third kappa shape index (κ3) is 3.66. The van der Waals surface area contributed by atoms with Crippen LogP contribution >= 0.6 is 0 Å². The summed E-state index contributed by atoms with van der Waals surface area (Å²) in [5, 5.41) is 24.6. The zero-order chi connectivity index (χ0) is 22.8. The molecule has 4 rings (SSSR count). The maximum absolute atomic E-state index is 13.4. The highest BCUT2D eigenvalue weighted by molar-refractivity contribution is 6.07. The molecule has 0 radical (unpaired) electrons. The predicted molar refractivity (Wildman–Crippen MR) is 120 cm³/mol. The van der Waals surface area contributed by atoms with Crippen molar-refractivity contribution < 1.29 is 14.7 Å². The maximum atomic E-state index is 13.4. The van der Waals surface area contributed by atoms with Gasteiger partial charge in [0.1, 0.15) is 6.04 Å². The molecule has 2 aliphatic rings. The standard InChI is InChI=1S/C24H27N5O3/c1-4-5-11-18(30)29(21(14(2)3)24(31)32)22-17-13-12-16(15-9-7-6-8-10-15)19(22)20(17)23-25-27-28-26-23/h6-10,12-14,21-22H,4-5,11H2,1-3H3,(H,31,32)(H,25,26,27,28)/t21-,22-/m0/s1. The van der Waals surface area contributed by atoms with Crippen molar-refractivity contribution in [1.82, 2.24) is 25.5 Å². The summed E-state index contributed by atoms with van der Waals surface area (Å²) >= 11 is 0. The Bertz CT molecular complexity index is 1100. The third-order valence-corrected chi connectivity index (χ3v) is 5.99. The van der Waals surface area contributed by atoms with Gasteiger partial charge in [0.2, 0.25) is 11.7 Å². The van der Waals surface area contributed by atoms with E-state index in [0.717, 1.165) is 34.3 Å². The Labute approximate surface area is 186 Å². The van der Waals surface area contributed by atoms with E-state index in [0.29, 0.717) is 18.7 Å². The number of carbonyl (C=O) groups is 2. The first-order valence-electron chi connectivity index (χ1n) is 11.0. The summed E-state index contributed by atoms with van der Waals surface area (Å²) in [7, 11) is 0. The first-order valence-corrected chi connectivity index (χ1v) is 11.0. The molecule has 1 aromatic carbocycles. The number of carbonyl (C=O) groups excluding carboxylic acids is 1. The average molecular weight is 434 g/mol. The molecule has 166 valence electrons. The molecule has 0 aliphatic heterocycles. The van der Waals surface area contributed by atoms with Crippen molar-refractivity contribution >= 4 is 23.0 Å². The van der Waals surface area contributed by atoms with Crippen LogP contribution < -0.4 is 0 Å². The highest BCUT2D eigenvalue weighted by atomic mass is 16.4. The lowest BCUT2D eigenvalue weighted by atomic mass is 9.67. The maximum Gasteiger partial charge on any atom is 0.326 e. The van der Waals surface area contributed by atoms with Crippen molar-refractivity contribution in [3.8, 4) is 0 Å². The highest BCUT2D eigenvalue weighted by Gasteiger charge is 2.49. The zero-order valence-corrected chi connectivity index (χ0v) is 18.4. The van der Waals surface area contributed by atoms with E-state index in [1.807, 2.05) is 63.3 Å². The molecule has 8 heteroatoms. The van der Waals surface area contributed by atoms with Gasteiger partial charge in [-0.05, 0) is 39.8 Å². The van der Waals surface area contributed by atoms with Gasteiger partial charge < -0.3 is 10.0 Å². The second-order valence-corrected chi connectivity index (χ2v) is 8.43. The van der Waals surface area contributed by atoms with Gasteiger partial charge in [-0.3, -0.25) is 4.79 Å². The number of aromatic amines is 1. The summed E-state index contributed by atoms with van der Waals surface area (Å²) in [4.78, 5) is 27.3. The number of amides is 1. The van der Waals surface area contributed by atoms with E-state index in [1.165, 1.54) is 0 Å². The number of carboxylic acid groups (broad SMARTS) is 1. The van der Waals surface area contributed by atoms with Crippen LogP contribution in [-0.2, 0) is 9.59 Å². The number of allylic oxidation sites excluding steroid dienone is 2. The molecular formula is C24H27N5O3. The fourth-order valence-electron chi connectivity index (χ4n) is 4.54. The van der Waals surface area contributed by atoms with Gasteiger partial charge in [0, 0.05) is 12.0 Å². The molecule has 2 bridgehead atoms. The van der Waals surface area contributed by atoms with E-state index in [-0.39, 0.29) is 11.8 Å². The number of hydrogen-bond donors (Lipinski definition) is 2. The largest absolute Gasteiger partial charge is 0.480 e. The highest BCUT2D eigenvalue weighted by Crippen LogP contribution is 2.52. The summed E-state index contributed by atoms with van der Waals surface area (Å²) in [6.07, 6.45) is 5.85. The number of aromatic nitrogens is 4. The van der Waals surface area contributed by atoms with Crippen LogP contribution in [0.2, 0.25) is 0 Å². The Balaban J connectivity index is 1.85. The molecule has 1 aromatic heterocycles. The normalized spacial score (nSPS) is 18.1. The number of aliphatic carboxylic acids is 1. The minimum atomic E-state index is -0.998. The van der Waals surface area contributed by atoms with E-state index in [1.54, 1.807) is 4.90 Å². The average Bonchev–Trinajstić information content (AvgIpc) is 3.30. The molecule has 2 N–H and O–H groups in total. The van der Waals surface area contributed by atoms with Crippen LogP contribution in [0.3, 0.4) is 0 Å². The molecular weight excluding hydrogens is 406 g/mol. The summed E-state index contributed by atoms with van der Waals surface area (Å²) < 4.78 is 0. The monoisotopic (exact) mass is 433 g/mol. The molecule has 32 heavy (non-hydrogen) atoms. The number of benzene rings is 1. The van der Waals surface area contributed by atoms with Gasteiger partial charge in [0.25, 0.3) is 0 Å². The van der Waals surface area contributed by atoms with Crippen LogP contribution in [0.15, 0.2) is 53.6 Å². The molecule has 8 nitrogen and oxygen atoms in total. The SMILES string of the molecule is CCCCC(=O)N([C@H]1c2ccc(-c3ccccc3)c1c2-c1nn[nH]n1)[C@H](C(=O)O)C(C)C. The molecule has 1 amide bonds. The van der Waals surface area contributed by atoms with Crippen LogP contribution in [0, 0.1) is 5.92 Å². The van der Waals surface area contributed by atoms with E-state index >= 15 is 0 Å². The molecule has 2 atom stereocenters. The van der Waals surface area contributed by atoms with Crippen molar-refractivity contribution in [2.75, 3.05) is 0 Å². The number of hydrogen-bond acceptors (Lipinski definition) is 5. The topological polar surface area (TPSA) is 112 Å². The Morgan fingerprint density at radius 3 is 2.53 bits per heavy atom. The van der Waals surface area contributed by atoms with E-state index in [9.17, 15) is 14.7 Å². The predicted octanol–water partition coefficient (Wildman–Crippen LogP) is 3.49. The Morgan fingerprint density at radius 2 is 1.94 bits per heavy atom. The minimum Gasteiger partial charge on any atom is -0.480 e. The van der Waals surface area contributed by atoms with Gasteiger partial charge in [0.05, 0.1) is 6.04 Å².